The van der Waals surface area contributed by atoms with Crippen LogP contribution in [-0.2, 0) is 22.6 Å². The topological polar surface area (TPSA) is 73.3 Å². The lowest BCUT2D eigenvalue weighted by Crippen LogP contribution is -2.51. The van der Waals surface area contributed by atoms with E-state index < -0.39 is 12.0 Å². The molecule has 2 fully saturated rings. The van der Waals surface area contributed by atoms with Crippen molar-refractivity contribution in [3.8, 4) is 5.75 Å². The summed E-state index contributed by atoms with van der Waals surface area (Å²) in [6.07, 6.45) is 2.48. The third-order valence-electron chi connectivity index (χ3n) is 5.87. The highest BCUT2D eigenvalue weighted by atomic mass is 16.5. The maximum atomic E-state index is 12.6. The van der Waals surface area contributed by atoms with Gasteiger partial charge in [0.25, 0.3) is 0 Å². The number of aliphatic carboxylic acids is 1. The molecule has 1 amide bonds. The third-order valence-corrected chi connectivity index (χ3v) is 5.87. The number of hydrogen-bond acceptors (Lipinski definition) is 5. The van der Waals surface area contributed by atoms with Crippen molar-refractivity contribution in [1.29, 1.82) is 0 Å². The number of carbonyl (C=O) groups is 2. The minimum Gasteiger partial charge on any atom is -0.493 e. The highest BCUT2D eigenvalue weighted by Crippen LogP contribution is 2.26. The molecule has 7 nitrogen and oxygen atoms in total. The Morgan fingerprint density at radius 2 is 1.96 bits per heavy atom. The monoisotopic (exact) mass is 373 g/mol. The van der Waals surface area contributed by atoms with E-state index in [0.717, 1.165) is 44.8 Å². The zero-order valence-corrected chi connectivity index (χ0v) is 15.6. The van der Waals surface area contributed by atoms with Gasteiger partial charge in [0.05, 0.1) is 13.2 Å². The quantitative estimate of drug-likeness (QED) is 0.824. The van der Waals surface area contributed by atoms with Crippen LogP contribution >= 0.6 is 0 Å². The number of amides is 1. The van der Waals surface area contributed by atoms with Crippen molar-refractivity contribution in [2.45, 2.75) is 31.8 Å². The zero-order valence-electron chi connectivity index (χ0n) is 15.6. The molecule has 0 spiro atoms. The molecule has 0 aliphatic carbocycles. The van der Waals surface area contributed by atoms with Crippen molar-refractivity contribution in [3.63, 3.8) is 0 Å². The smallest absolute Gasteiger partial charge is 0.320 e. The third kappa shape index (κ3) is 4.09. The van der Waals surface area contributed by atoms with Crippen LogP contribution in [0.4, 0.5) is 0 Å². The summed E-state index contributed by atoms with van der Waals surface area (Å²) in [4.78, 5) is 29.9. The number of carboxylic acid groups (broad SMARTS) is 1. The Morgan fingerprint density at radius 1 is 1.15 bits per heavy atom. The summed E-state index contributed by atoms with van der Waals surface area (Å²) >= 11 is 0. The van der Waals surface area contributed by atoms with E-state index in [4.69, 9.17) is 4.74 Å². The maximum Gasteiger partial charge on any atom is 0.320 e. The lowest BCUT2D eigenvalue weighted by Gasteiger charge is -2.36. The number of likely N-dealkylation sites (tertiary alicyclic amines) is 1. The molecule has 0 bridgehead atoms. The van der Waals surface area contributed by atoms with Gasteiger partial charge in [0.15, 0.2) is 0 Å². The number of rotatable bonds is 5. The predicted octanol–water partition coefficient (Wildman–Crippen LogP) is 0.815. The van der Waals surface area contributed by atoms with Crippen molar-refractivity contribution in [1.82, 2.24) is 14.7 Å². The van der Waals surface area contributed by atoms with Crippen LogP contribution in [-0.4, -0.2) is 83.6 Å². The normalized spacial score (nSPS) is 23.3. The molecule has 27 heavy (non-hydrogen) atoms. The molecule has 0 aromatic heterocycles. The van der Waals surface area contributed by atoms with Crippen LogP contribution in [0.5, 0.6) is 5.75 Å². The second kappa shape index (κ2) is 7.86. The standard InChI is InChI=1S/C20H27N3O4/c24-19(14-23-6-1-2-17(23)20(25)26)22-9-7-21(8-10-22)13-15-3-4-18-16(12-15)5-11-27-18/h3-4,12,17H,1-2,5-11,13-14H2,(H,25,26)/t17-/m0/s1. The molecule has 1 N–H and O–H groups in total. The molecule has 0 unspecified atom stereocenters. The van der Waals surface area contributed by atoms with E-state index in [1.54, 1.807) is 0 Å². The van der Waals surface area contributed by atoms with Crippen LogP contribution in [0.2, 0.25) is 0 Å². The molecule has 1 aromatic carbocycles. The number of carbonyl (C=O) groups excluding carboxylic acids is 1. The lowest BCUT2D eigenvalue weighted by atomic mass is 10.1. The number of benzene rings is 1. The number of ether oxygens (including phenoxy) is 1. The van der Waals surface area contributed by atoms with Crippen molar-refractivity contribution < 1.29 is 19.4 Å². The second-order valence-corrected chi connectivity index (χ2v) is 7.66. The Bertz CT molecular complexity index is 715. The molecule has 7 heteroatoms. The Balaban J connectivity index is 1.26. The average Bonchev–Trinajstić information content (AvgIpc) is 3.31. The first-order chi connectivity index (χ1) is 13.1. The van der Waals surface area contributed by atoms with Gasteiger partial charge >= 0.3 is 5.97 Å². The molecule has 146 valence electrons. The molecule has 2 saturated heterocycles. The Kier molecular flexibility index (Phi) is 5.31. The molecule has 3 aliphatic rings. The SMILES string of the molecule is O=C(O)[C@@H]1CCCN1CC(=O)N1CCN(Cc2ccc3c(c2)CCO3)CC1. The molecule has 1 atom stereocenters. The lowest BCUT2D eigenvalue weighted by molar-refractivity contribution is -0.143. The largest absolute Gasteiger partial charge is 0.493 e. The van der Waals surface area contributed by atoms with Gasteiger partial charge in [-0.25, -0.2) is 0 Å². The van der Waals surface area contributed by atoms with Gasteiger partial charge < -0.3 is 14.7 Å². The summed E-state index contributed by atoms with van der Waals surface area (Å²) in [5.74, 6) is 0.248. The highest BCUT2D eigenvalue weighted by molar-refractivity contribution is 5.80. The van der Waals surface area contributed by atoms with Crippen LogP contribution in [0.15, 0.2) is 18.2 Å². The summed E-state index contributed by atoms with van der Waals surface area (Å²) in [5.41, 5.74) is 2.58. The number of nitrogens with zero attached hydrogens (tertiary/aromatic N) is 3. The first-order valence-electron chi connectivity index (χ1n) is 9.82. The Morgan fingerprint density at radius 3 is 2.74 bits per heavy atom. The van der Waals surface area contributed by atoms with Crippen LogP contribution in [0.25, 0.3) is 0 Å². The van der Waals surface area contributed by atoms with Gasteiger partial charge in [-0.15, -0.1) is 0 Å². The summed E-state index contributed by atoms with van der Waals surface area (Å²) in [6.45, 7) is 5.70. The average molecular weight is 373 g/mol. The van der Waals surface area contributed by atoms with Gasteiger partial charge in [0.2, 0.25) is 5.91 Å². The number of carboxylic acids is 1. The molecular formula is C20H27N3O4. The van der Waals surface area contributed by atoms with Crippen LogP contribution in [0.1, 0.15) is 24.0 Å². The number of hydrogen-bond donors (Lipinski definition) is 1. The van der Waals surface area contributed by atoms with Gasteiger partial charge in [0, 0.05) is 39.1 Å². The molecular weight excluding hydrogens is 346 g/mol. The first kappa shape index (κ1) is 18.3. The molecule has 1 aromatic rings. The van der Waals surface area contributed by atoms with Crippen LogP contribution < -0.4 is 4.74 Å². The van der Waals surface area contributed by atoms with Gasteiger partial charge in [-0.2, -0.15) is 0 Å². The van der Waals surface area contributed by atoms with Crippen LogP contribution in [0.3, 0.4) is 0 Å². The van der Waals surface area contributed by atoms with E-state index in [1.807, 2.05) is 9.80 Å². The van der Waals surface area contributed by atoms with Crippen molar-refractivity contribution in [2.75, 3.05) is 45.9 Å². The zero-order chi connectivity index (χ0) is 18.8. The number of piperazine rings is 1. The van der Waals surface area contributed by atoms with E-state index >= 15 is 0 Å². The Labute approximate surface area is 159 Å². The molecule has 4 rings (SSSR count). The first-order valence-corrected chi connectivity index (χ1v) is 9.82. The fraction of sp³-hybridized carbons (Fsp3) is 0.600. The van der Waals surface area contributed by atoms with Crippen molar-refractivity contribution >= 4 is 11.9 Å². The molecule has 3 heterocycles. The van der Waals surface area contributed by atoms with Gasteiger partial charge in [0.1, 0.15) is 11.8 Å². The van der Waals surface area contributed by atoms with E-state index in [-0.39, 0.29) is 12.5 Å². The van der Waals surface area contributed by atoms with Gasteiger partial charge in [-0.1, -0.05) is 12.1 Å². The molecule has 0 radical (unpaired) electrons. The highest BCUT2D eigenvalue weighted by Gasteiger charge is 2.33. The second-order valence-electron chi connectivity index (χ2n) is 7.66. The summed E-state index contributed by atoms with van der Waals surface area (Å²) < 4.78 is 5.56. The van der Waals surface area contributed by atoms with E-state index in [0.29, 0.717) is 26.1 Å². The Hall–Kier alpha value is -2.12. The summed E-state index contributed by atoms with van der Waals surface area (Å²) in [5, 5.41) is 9.26. The van der Waals surface area contributed by atoms with Crippen molar-refractivity contribution in [2.24, 2.45) is 0 Å². The number of fused-ring (bicyclic) bond motifs is 1. The van der Waals surface area contributed by atoms with E-state index in [1.165, 1.54) is 11.1 Å². The molecule has 3 aliphatic heterocycles. The minimum atomic E-state index is -0.815. The fourth-order valence-electron chi connectivity index (χ4n) is 4.32. The van der Waals surface area contributed by atoms with E-state index in [9.17, 15) is 14.7 Å². The summed E-state index contributed by atoms with van der Waals surface area (Å²) in [6, 6.07) is 5.92. The van der Waals surface area contributed by atoms with E-state index in [2.05, 4.69) is 23.1 Å². The minimum absolute atomic E-state index is 0.0532. The van der Waals surface area contributed by atoms with Crippen LogP contribution in [0, 0.1) is 0 Å². The summed E-state index contributed by atoms with van der Waals surface area (Å²) in [7, 11) is 0. The van der Waals surface area contributed by atoms with Crippen molar-refractivity contribution in [3.05, 3.63) is 29.3 Å². The van der Waals surface area contributed by atoms with Gasteiger partial charge in [-0.3, -0.25) is 19.4 Å². The predicted molar refractivity (Wildman–Crippen MR) is 99.7 cm³/mol. The van der Waals surface area contributed by atoms with Gasteiger partial charge in [-0.05, 0) is 36.6 Å². The molecule has 0 saturated carbocycles. The maximum absolute atomic E-state index is 12.6. The fourth-order valence-corrected chi connectivity index (χ4v) is 4.32.